The predicted molar refractivity (Wildman–Crippen MR) is 127 cm³/mol. The molecule has 1 N–H and O–H groups in total. The van der Waals surface area contributed by atoms with E-state index < -0.39 is 18.8 Å². The predicted octanol–water partition coefficient (Wildman–Crippen LogP) is 5.03. The Morgan fingerprint density at radius 2 is 2.00 bits per heavy atom. The van der Waals surface area contributed by atoms with Crippen LogP contribution in [0.25, 0.3) is 0 Å². The van der Waals surface area contributed by atoms with E-state index in [0.29, 0.717) is 29.1 Å². The number of carbonyl (C=O) groups excluding carboxylic acids is 2. The summed E-state index contributed by atoms with van der Waals surface area (Å²) in [6, 6.07) is 6.21. The highest BCUT2D eigenvalue weighted by Crippen LogP contribution is 2.35. The number of aldehydes is 1. The third-order valence-electron chi connectivity index (χ3n) is 5.44. The Hall–Kier alpha value is -3.73. The van der Waals surface area contributed by atoms with E-state index in [9.17, 15) is 22.8 Å². The van der Waals surface area contributed by atoms with Gasteiger partial charge in [0.15, 0.2) is 12.9 Å². The number of alkyl halides is 3. The number of halogens is 4. The van der Waals surface area contributed by atoms with Gasteiger partial charge in [0, 0.05) is 48.0 Å². The Balaban J connectivity index is 0.000000338. The van der Waals surface area contributed by atoms with Crippen molar-refractivity contribution >= 4 is 29.6 Å². The van der Waals surface area contributed by atoms with Crippen LogP contribution in [0, 0.1) is 6.92 Å². The normalized spacial score (nSPS) is 13.4. The largest absolute Gasteiger partial charge is 0.467 e. The molecule has 1 aliphatic heterocycles. The fraction of sp³-hybridized carbons (Fsp3) is 0.292. The topological polar surface area (TPSA) is 97.3 Å². The molecule has 0 saturated heterocycles. The molecule has 1 amide bonds. The first-order valence-electron chi connectivity index (χ1n) is 10.7. The maximum absolute atomic E-state index is 12.7. The summed E-state index contributed by atoms with van der Waals surface area (Å²) < 4.78 is 41.4. The summed E-state index contributed by atoms with van der Waals surface area (Å²) in [5.41, 5.74) is 3.39. The summed E-state index contributed by atoms with van der Waals surface area (Å²) in [6.45, 7) is 2.47. The Morgan fingerprint density at radius 1 is 1.25 bits per heavy atom. The van der Waals surface area contributed by atoms with Gasteiger partial charge in [-0.05, 0) is 43.7 Å². The number of pyridine rings is 3. The molecule has 1 unspecified atom stereocenters. The highest BCUT2D eigenvalue weighted by molar-refractivity contribution is 6.31. The van der Waals surface area contributed by atoms with Crippen molar-refractivity contribution in [3.05, 3.63) is 75.8 Å². The number of rotatable bonds is 6. The van der Waals surface area contributed by atoms with E-state index in [0.717, 1.165) is 17.5 Å². The number of carbonyl (C=O) groups is 2. The van der Waals surface area contributed by atoms with Gasteiger partial charge in [0.25, 0.3) is 5.91 Å². The van der Waals surface area contributed by atoms with Gasteiger partial charge in [0.2, 0.25) is 5.88 Å². The molecule has 0 saturated carbocycles. The van der Waals surface area contributed by atoms with Crippen molar-refractivity contribution in [2.75, 3.05) is 19.0 Å². The second-order valence-electron chi connectivity index (χ2n) is 7.80. The van der Waals surface area contributed by atoms with Crippen LogP contribution in [0.2, 0.25) is 5.02 Å². The Kier molecular flexibility index (Phi) is 8.46. The van der Waals surface area contributed by atoms with Crippen LogP contribution >= 0.6 is 11.6 Å². The quantitative estimate of drug-likeness (QED) is 0.454. The van der Waals surface area contributed by atoms with Crippen molar-refractivity contribution in [3.63, 3.8) is 0 Å². The van der Waals surface area contributed by atoms with Gasteiger partial charge in [-0.15, -0.1) is 0 Å². The number of aromatic nitrogens is 3. The molecule has 0 radical (unpaired) electrons. The average molecular weight is 522 g/mol. The number of fused-ring (bicyclic) bond motifs is 1. The standard InChI is InChI=1S/C17H16ClF3N4O2.C7H7NO/c1-9(10-5-13(18)15(24-6-10)27-8-17(19,20)21)25-7-12-11(16(25)26)3-4-23-14(12)22-2;1-6-7(5-9)3-2-4-8-6/h3-6,9H,7-8H2,1-2H3,(H,22,23);2-5H,1H3. The number of aryl methyl sites for hydroxylation is 1. The molecule has 0 bridgehead atoms. The number of nitrogens with one attached hydrogen (secondary N) is 1. The lowest BCUT2D eigenvalue weighted by Gasteiger charge is -2.25. The molecule has 0 fully saturated rings. The van der Waals surface area contributed by atoms with Gasteiger partial charge in [-0.1, -0.05) is 11.6 Å². The minimum Gasteiger partial charge on any atom is -0.467 e. The molecule has 1 aliphatic rings. The van der Waals surface area contributed by atoms with Crippen LogP contribution in [0.3, 0.4) is 0 Å². The van der Waals surface area contributed by atoms with E-state index in [2.05, 4.69) is 25.0 Å². The summed E-state index contributed by atoms with van der Waals surface area (Å²) in [5, 5.41) is 2.91. The van der Waals surface area contributed by atoms with Crippen LogP contribution < -0.4 is 10.1 Å². The molecular weight excluding hydrogens is 499 g/mol. The number of nitrogens with zero attached hydrogens (tertiary/aromatic N) is 4. The molecule has 4 rings (SSSR count). The fourth-order valence-electron chi connectivity index (χ4n) is 3.50. The second-order valence-corrected chi connectivity index (χ2v) is 8.21. The summed E-state index contributed by atoms with van der Waals surface area (Å²) in [5.74, 6) is 0.162. The Bertz CT molecular complexity index is 1260. The average Bonchev–Trinajstić information content (AvgIpc) is 3.19. The molecule has 190 valence electrons. The van der Waals surface area contributed by atoms with Crippen molar-refractivity contribution in [2.45, 2.75) is 32.6 Å². The van der Waals surface area contributed by atoms with Crippen LogP contribution in [0.15, 0.2) is 42.9 Å². The minimum absolute atomic E-state index is 0.0506. The Labute approximate surface area is 210 Å². The van der Waals surface area contributed by atoms with E-state index in [-0.39, 0.29) is 16.8 Å². The second kappa shape index (κ2) is 11.3. The maximum Gasteiger partial charge on any atom is 0.422 e. The molecule has 0 spiro atoms. The minimum atomic E-state index is -4.48. The Morgan fingerprint density at radius 3 is 2.58 bits per heavy atom. The van der Waals surface area contributed by atoms with Gasteiger partial charge in [-0.2, -0.15) is 13.2 Å². The van der Waals surface area contributed by atoms with Crippen LogP contribution in [0.4, 0.5) is 19.0 Å². The van der Waals surface area contributed by atoms with E-state index in [1.807, 2.05) is 6.92 Å². The van der Waals surface area contributed by atoms with Crippen molar-refractivity contribution in [1.82, 2.24) is 19.9 Å². The van der Waals surface area contributed by atoms with Gasteiger partial charge >= 0.3 is 6.18 Å². The third-order valence-corrected chi connectivity index (χ3v) is 5.71. The highest BCUT2D eigenvalue weighted by atomic mass is 35.5. The molecule has 0 aliphatic carbocycles. The first-order chi connectivity index (χ1) is 17.1. The monoisotopic (exact) mass is 521 g/mol. The van der Waals surface area contributed by atoms with Crippen LogP contribution in [0.1, 0.15) is 50.5 Å². The summed E-state index contributed by atoms with van der Waals surface area (Å²) in [4.78, 5) is 36.5. The first-order valence-corrected chi connectivity index (χ1v) is 11.1. The molecule has 12 heteroatoms. The SMILES string of the molecule is CNc1nccc2c1CN(C(C)c1cnc(OCC(F)(F)F)c(Cl)c1)C2=O.Cc1ncccc1C=O. The molecule has 0 aromatic carbocycles. The van der Waals surface area contributed by atoms with Gasteiger partial charge in [-0.25, -0.2) is 9.97 Å². The lowest BCUT2D eigenvalue weighted by Crippen LogP contribution is -2.27. The van der Waals surface area contributed by atoms with Crippen molar-refractivity contribution in [2.24, 2.45) is 0 Å². The zero-order valence-corrected chi connectivity index (χ0v) is 20.4. The van der Waals surface area contributed by atoms with Crippen molar-refractivity contribution in [1.29, 1.82) is 0 Å². The number of hydrogen-bond acceptors (Lipinski definition) is 7. The highest BCUT2D eigenvalue weighted by Gasteiger charge is 2.34. The summed E-state index contributed by atoms with van der Waals surface area (Å²) >= 11 is 6.00. The number of hydrogen-bond donors (Lipinski definition) is 1. The van der Waals surface area contributed by atoms with Gasteiger partial charge in [0.1, 0.15) is 10.8 Å². The fourth-order valence-corrected chi connectivity index (χ4v) is 3.73. The van der Waals surface area contributed by atoms with E-state index in [1.54, 1.807) is 49.5 Å². The van der Waals surface area contributed by atoms with E-state index in [4.69, 9.17) is 11.6 Å². The van der Waals surface area contributed by atoms with Crippen LogP contribution in [0.5, 0.6) is 5.88 Å². The maximum atomic E-state index is 12.7. The smallest absolute Gasteiger partial charge is 0.422 e. The third kappa shape index (κ3) is 6.28. The lowest BCUT2D eigenvalue weighted by molar-refractivity contribution is -0.154. The number of anilines is 1. The molecular formula is C24H23ClF3N5O3. The molecule has 3 aromatic rings. The van der Waals surface area contributed by atoms with Gasteiger partial charge < -0.3 is 15.0 Å². The van der Waals surface area contributed by atoms with Gasteiger partial charge in [0.05, 0.1) is 12.6 Å². The number of ether oxygens (including phenoxy) is 1. The first kappa shape index (κ1) is 26.9. The van der Waals surface area contributed by atoms with Crippen molar-refractivity contribution < 1.29 is 27.5 Å². The van der Waals surface area contributed by atoms with Crippen molar-refractivity contribution in [3.8, 4) is 5.88 Å². The lowest BCUT2D eigenvalue weighted by atomic mass is 10.1. The summed E-state index contributed by atoms with van der Waals surface area (Å²) in [6.07, 6.45) is 0.909. The molecule has 3 aromatic heterocycles. The summed E-state index contributed by atoms with van der Waals surface area (Å²) in [7, 11) is 1.72. The van der Waals surface area contributed by atoms with E-state index in [1.165, 1.54) is 12.3 Å². The number of amides is 1. The van der Waals surface area contributed by atoms with Crippen LogP contribution in [-0.2, 0) is 6.54 Å². The molecule has 36 heavy (non-hydrogen) atoms. The van der Waals surface area contributed by atoms with Crippen LogP contribution in [-0.4, -0.2) is 51.9 Å². The molecule has 4 heterocycles. The zero-order valence-electron chi connectivity index (χ0n) is 19.6. The van der Waals surface area contributed by atoms with E-state index >= 15 is 0 Å². The van der Waals surface area contributed by atoms with Gasteiger partial charge in [-0.3, -0.25) is 14.6 Å². The molecule has 1 atom stereocenters. The zero-order chi connectivity index (χ0) is 26.5. The molecule has 8 nitrogen and oxygen atoms in total.